The average Bonchev–Trinajstić information content (AvgIpc) is 2.94. The van der Waals surface area contributed by atoms with E-state index >= 15 is 0 Å². The van der Waals surface area contributed by atoms with Gasteiger partial charge >= 0.3 is 0 Å². The van der Waals surface area contributed by atoms with Crippen LogP contribution in [0.15, 0.2) is 42.7 Å². The largest absolute Gasteiger partial charge is 0.351 e. The average molecular weight is 346 g/mol. The molecule has 5 nitrogen and oxygen atoms in total. The molecule has 0 aliphatic carbocycles. The second-order valence-corrected chi connectivity index (χ2v) is 6.64. The zero-order chi connectivity index (χ0) is 18.3. The highest BCUT2D eigenvalue weighted by molar-refractivity contribution is 6.15. The van der Waals surface area contributed by atoms with Crippen molar-refractivity contribution in [3.05, 3.63) is 53.9 Å². The van der Waals surface area contributed by atoms with E-state index in [9.17, 15) is 4.79 Å². The van der Waals surface area contributed by atoms with Gasteiger partial charge in [0.2, 0.25) is 0 Å². The Bertz CT molecular complexity index is 1140. The number of fused-ring (bicyclic) bond motifs is 4. The minimum absolute atomic E-state index is 0.0432. The number of aromatic nitrogens is 2. The summed E-state index contributed by atoms with van der Waals surface area (Å²) in [5.41, 5.74) is 4.24. The first-order valence-electron chi connectivity index (χ1n) is 8.80. The first-order chi connectivity index (χ1) is 12.6. The molecule has 2 aromatic heterocycles. The van der Waals surface area contributed by atoms with Gasteiger partial charge in [0.1, 0.15) is 0 Å². The Hall–Kier alpha value is -2.92. The summed E-state index contributed by atoms with van der Waals surface area (Å²) in [6.07, 6.45) is 3.73. The molecule has 26 heavy (non-hydrogen) atoms. The number of benzene rings is 2. The van der Waals surface area contributed by atoms with Crippen molar-refractivity contribution in [3.63, 3.8) is 0 Å². The number of hydrogen-bond acceptors (Lipinski definition) is 3. The summed E-state index contributed by atoms with van der Waals surface area (Å²) < 4.78 is 2.21. The summed E-state index contributed by atoms with van der Waals surface area (Å²) in [5.74, 6) is -0.0432. The van der Waals surface area contributed by atoms with Crippen LogP contribution in [0.3, 0.4) is 0 Å². The molecule has 2 heterocycles. The Labute approximate surface area is 152 Å². The van der Waals surface area contributed by atoms with E-state index in [-0.39, 0.29) is 5.91 Å². The Morgan fingerprint density at radius 2 is 1.96 bits per heavy atom. The Morgan fingerprint density at radius 1 is 1.12 bits per heavy atom. The summed E-state index contributed by atoms with van der Waals surface area (Å²) in [6, 6.07) is 10.2. The van der Waals surface area contributed by atoms with Gasteiger partial charge in [-0.25, -0.2) is 0 Å². The van der Waals surface area contributed by atoms with Crippen LogP contribution in [0.1, 0.15) is 15.9 Å². The van der Waals surface area contributed by atoms with E-state index in [1.54, 1.807) is 0 Å². The molecule has 0 saturated carbocycles. The molecule has 2 N–H and O–H groups in total. The second kappa shape index (κ2) is 6.42. The second-order valence-electron chi connectivity index (χ2n) is 6.64. The smallest absolute Gasteiger partial charge is 0.251 e. The maximum Gasteiger partial charge on any atom is 0.251 e. The van der Waals surface area contributed by atoms with Gasteiger partial charge in [0, 0.05) is 59.8 Å². The molecule has 2 aromatic carbocycles. The van der Waals surface area contributed by atoms with E-state index in [4.69, 9.17) is 0 Å². The van der Waals surface area contributed by atoms with E-state index in [1.807, 2.05) is 37.6 Å². The monoisotopic (exact) mass is 346 g/mol. The number of rotatable bonds is 4. The van der Waals surface area contributed by atoms with E-state index in [0.29, 0.717) is 12.1 Å². The Morgan fingerprint density at radius 3 is 2.77 bits per heavy atom. The lowest BCUT2D eigenvalue weighted by atomic mass is 10.0. The molecule has 0 saturated heterocycles. The number of pyridine rings is 1. The molecule has 0 aliphatic rings. The zero-order valence-corrected chi connectivity index (χ0v) is 15.3. The molecular weight excluding hydrogens is 324 g/mol. The number of nitrogens with zero attached hydrogens (tertiary/aromatic N) is 2. The van der Waals surface area contributed by atoms with Crippen molar-refractivity contribution in [2.24, 2.45) is 7.05 Å². The molecule has 4 rings (SSSR count). The molecule has 0 atom stereocenters. The lowest BCUT2D eigenvalue weighted by Gasteiger charge is -2.06. The summed E-state index contributed by atoms with van der Waals surface area (Å²) >= 11 is 0. The van der Waals surface area contributed by atoms with Crippen molar-refractivity contribution < 1.29 is 4.79 Å². The van der Waals surface area contributed by atoms with Crippen LogP contribution in [0.25, 0.3) is 32.6 Å². The third kappa shape index (κ3) is 2.52. The normalized spacial score (nSPS) is 11.5. The number of nitrogens with one attached hydrogen (secondary N) is 2. The van der Waals surface area contributed by atoms with Crippen molar-refractivity contribution in [1.82, 2.24) is 20.2 Å². The molecule has 5 heteroatoms. The highest BCUT2D eigenvalue weighted by atomic mass is 16.1. The summed E-state index contributed by atoms with van der Waals surface area (Å²) in [4.78, 5) is 16.7. The third-order valence-corrected chi connectivity index (χ3v) is 5.07. The van der Waals surface area contributed by atoms with E-state index in [0.717, 1.165) is 28.2 Å². The molecular formula is C21H22N4O. The third-order valence-electron chi connectivity index (χ3n) is 5.07. The van der Waals surface area contributed by atoms with E-state index in [2.05, 4.69) is 46.3 Å². The molecule has 4 aromatic rings. The number of amides is 1. The van der Waals surface area contributed by atoms with Crippen molar-refractivity contribution in [1.29, 1.82) is 0 Å². The van der Waals surface area contributed by atoms with Gasteiger partial charge in [0.05, 0.1) is 5.52 Å². The highest BCUT2D eigenvalue weighted by Gasteiger charge is 2.15. The van der Waals surface area contributed by atoms with Crippen LogP contribution < -0.4 is 10.6 Å². The van der Waals surface area contributed by atoms with Gasteiger partial charge in [0.15, 0.2) is 0 Å². The predicted molar refractivity (Wildman–Crippen MR) is 107 cm³/mol. The first-order valence-corrected chi connectivity index (χ1v) is 8.80. The Kier molecular flexibility index (Phi) is 4.09. The van der Waals surface area contributed by atoms with Crippen molar-refractivity contribution >= 4 is 38.5 Å². The zero-order valence-electron chi connectivity index (χ0n) is 15.3. The van der Waals surface area contributed by atoms with E-state index < -0.39 is 0 Å². The summed E-state index contributed by atoms with van der Waals surface area (Å²) in [5, 5.41) is 10.6. The Balaban J connectivity index is 1.92. The van der Waals surface area contributed by atoms with Gasteiger partial charge in [-0.05, 0) is 55.3 Å². The fourth-order valence-corrected chi connectivity index (χ4v) is 3.76. The molecule has 0 unspecified atom stereocenters. The fourth-order valence-electron chi connectivity index (χ4n) is 3.76. The minimum atomic E-state index is -0.0432. The molecule has 0 spiro atoms. The lowest BCUT2D eigenvalue weighted by Crippen LogP contribution is -2.30. The summed E-state index contributed by atoms with van der Waals surface area (Å²) in [6.45, 7) is 3.51. The van der Waals surface area contributed by atoms with Crippen LogP contribution in [0, 0.1) is 6.92 Å². The predicted octanol–water partition coefficient (Wildman–Crippen LogP) is 3.14. The number of aryl methyl sites for hydroxylation is 2. The van der Waals surface area contributed by atoms with Crippen molar-refractivity contribution in [3.8, 4) is 0 Å². The van der Waals surface area contributed by atoms with Gasteiger partial charge < -0.3 is 15.2 Å². The van der Waals surface area contributed by atoms with Crippen molar-refractivity contribution in [2.45, 2.75) is 6.92 Å². The number of carbonyl (C=O) groups excluding carboxylic acids is 1. The highest BCUT2D eigenvalue weighted by Crippen LogP contribution is 2.35. The van der Waals surface area contributed by atoms with Gasteiger partial charge in [-0.1, -0.05) is 0 Å². The molecule has 0 radical (unpaired) electrons. The van der Waals surface area contributed by atoms with Gasteiger partial charge in [0.25, 0.3) is 5.91 Å². The van der Waals surface area contributed by atoms with Crippen LogP contribution in [0.5, 0.6) is 0 Å². The lowest BCUT2D eigenvalue weighted by molar-refractivity contribution is 0.0954. The maximum absolute atomic E-state index is 12.4. The van der Waals surface area contributed by atoms with Crippen LogP contribution in [-0.2, 0) is 7.05 Å². The molecule has 0 fully saturated rings. The van der Waals surface area contributed by atoms with Gasteiger partial charge in [-0.2, -0.15) is 0 Å². The van der Waals surface area contributed by atoms with Crippen LogP contribution >= 0.6 is 0 Å². The summed E-state index contributed by atoms with van der Waals surface area (Å²) in [7, 11) is 3.95. The molecule has 1 amide bonds. The number of likely N-dealkylation sites (N-methyl/N-ethyl adjacent to an activating group) is 1. The van der Waals surface area contributed by atoms with Crippen LogP contribution in [0.4, 0.5) is 0 Å². The molecule has 0 bridgehead atoms. The van der Waals surface area contributed by atoms with Crippen LogP contribution in [-0.4, -0.2) is 35.6 Å². The maximum atomic E-state index is 12.4. The standard InChI is InChI=1S/C21H22N4O/c1-13-16-6-7-23-12-15(16)11-18-17-10-14(21(26)24-9-8-22-2)4-5-19(17)25(3)20(13)18/h4-7,10-12,22H,8-9H2,1-3H3,(H,24,26). The quantitative estimate of drug-likeness (QED) is 0.558. The number of carbonyl (C=O) groups is 1. The minimum Gasteiger partial charge on any atom is -0.351 e. The van der Waals surface area contributed by atoms with E-state index in [1.165, 1.54) is 16.5 Å². The SMILES string of the molecule is CNCCNC(=O)c1ccc2c(c1)c1cc3cnccc3c(C)c1n2C. The van der Waals surface area contributed by atoms with Gasteiger partial charge in [-0.3, -0.25) is 9.78 Å². The van der Waals surface area contributed by atoms with Crippen LogP contribution in [0.2, 0.25) is 0 Å². The number of hydrogen-bond donors (Lipinski definition) is 2. The fraction of sp³-hybridized carbons (Fsp3) is 0.238. The molecule has 132 valence electrons. The molecule has 0 aliphatic heterocycles. The topological polar surface area (TPSA) is 58.9 Å². The van der Waals surface area contributed by atoms with Crippen molar-refractivity contribution in [2.75, 3.05) is 20.1 Å². The van der Waals surface area contributed by atoms with Gasteiger partial charge in [-0.15, -0.1) is 0 Å². The first kappa shape index (κ1) is 16.5.